The fraction of sp³-hybridized carbons (Fsp3) is 0.500. The first-order valence-corrected chi connectivity index (χ1v) is 4.56. The maximum atomic E-state index is 9.44. The second kappa shape index (κ2) is 2.93. The third-order valence-corrected chi connectivity index (χ3v) is 2.68. The Labute approximate surface area is 69.4 Å². The Morgan fingerprint density at radius 3 is 3.18 bits per heavy atom. The van der Waals surface area contributed by atoms with E-state index in [1.807, 2.05) is 17.5 Å². The lowest BCUT2D eigenvalue weighted by Gasteiger charge is -2.03. The molecule has 0 amide bonds. The van der Waals surface area contributed by atoms with Gasteiger partial charge in [-0.05, 0) is 11.4 Å². The number of ether oxygens (including phenoxy) is 1. The number of hydrogen-bond donors (Lipinski definition) is 1. The van der Waals surface area contributed by atoms with Crippen molar-refractivity contribution in [3.05, 3.63) is 22.4 Å². The summed E-state index contributed by atoms with van der Waals surface area (Å²) in [6.45, 7) is 0.729. The Bertz CT molecular complexity index is 216. The lowest BCUT2D eigenvalue weighted by molar-refractivity contribution is 0.136. The van der Waals surface area contributed by atoms with Crippen LogP contribution in [0, 0.1) is 0 Å². The van der Waals surface area contributed by atoms with Gasteiger partial charge in [0.1, 0.15) is 6.10 Å². The maximum absolute atomic E-state index is 9.44. The Morgan fingerprint density at radius 2 is 2.64 bits per heavy atom. The third-order valence-electron chi connectivity index (χ3n) is 1.78. The molecule has 0 aliphatic carbocycles. The van der Waals surface area contributed by atoms with Crippen LogP contribution < -0.4 is 0 Å². The van der Waals surface area contributed by atoms with Crippen LogP contribution >= 0.6 is 11.3 Å². The Kier molecular flexibility index (Phi) is 1.94. The van der Waals surface area contributed by atoms with Gasteiger partial charge in [-0.25, -0.2) is 0 Å². The monoisotopic (exact) mass is 170 g/mol. The normalized spacial score (nSPS) is 25.0. The van der Waals surface area contributed by atoms with Gasteiger partial charge in [0, 0.05) is 11.3 Å². The van der Waals surface area contributed by atoms with Gasteiger partial charge in [0.05, 0.1) is 12.7 Å². The molecule has 1 aromatic heterocycles. The largest absolute Gasteiger partial charge is 0.390 e. The van der Waals surface area contributed by atoms with Crippen molar-refractivity contribution in [1.82, 2.24) is 0 Å². The van der Waals surface area contributed by atoms with Crippen molar-refractivity contribution in [1.29, 1.82) is 0 Å². The van der Waals surface area contributed by atoms with Crippen LogP contribution in [0.25, 0.3) is 0 Å². The van der Waals surface area contributed by atoms with Gasteiger partial charge in [-0.15, -0.1) is 11.3 Å². The van der Waals surface area contributed by atoms with Gasteiger partial charge in [0.25, 0.3) is 0 Å². The minimum absolute atomic E-state index is 0.108. The summed E-state index contributed by atoms with van der Waals surface area (Å²) in [5, 5.41) is 11.5. The molecular weight excluding hydrogens is 160 g/mol. The molecule has 1 N–H and O–H groups in total. The molecule has 0 aromatic carbocycles. The third kappa shape index (κ3) is 1.80. The van der Waals surface area contributed by atoms with Gasteiger partial charge in [-0.3, -0.25) is 0 Å². The molecular formula is C8H10O2S. The van der Waals surface area contributed by atoms with Crippen LogP contribution in [0.5, 0.6) is 0 Å². The summed E-state index contributed by atoms with van der Waals surface area (Å²) in [4.78, 5) is 1.23. The molecule has 1 saturated heterocycles. The molecule has 1 aromatic rings. The van der Waals surface area contributed by atoms with E-state index in [0.29, 0.717) is 0 Å². The average molecular weight is 170 g/mol. The number of thiophene rings is 1. The fourth-order valence-electron chi connectivity index (χ4n) is 1.04. The number of aliphatic hydroxyl groups is 1. The fourth-order valence-corrected chi connectivity index (χ4v) is 1.80. The number of aliphatic hydroxyl groups excluding tert-OH is 1. The van der Waals surface area contributed by atoms with Crippen LogP contribution in [0.3, 0.4) is 0 Å². The molecule has 0 saturated carbocycles. The van der Waals surface area contributed by atoms with E-state index in [-0.39, 0.29) is 12.2 Å². The highest BCUT2D eigenvalue weighted by Gasteiger charge is 2.31. The van der Waals surface area contributed by atoms with Crippen LogP contribution in [0.2, 0.25) is 0 Å². The molecule has 0 spiro atoms. The van der Waals surface area contributed by atoms with E-state index >= 15 is 0 Å². The zero-order valence-corrected chi connectivity index (χ0v) is 6.88. The van der Waals surface area contributed by atoms with Crippen LogP contribution in [0.1, 0.15) is 4.88 Å². The minimum atomic E-state index is -0.298. The van der Waals surface area contributed by atoms with Crippen molar-refractivity contribution in [2.75, 3.05) is 6.61 Å². The molecule has 0 unspecified atom stereocenters. The molecule has 0 radical (unpaired) electrons. The second-order valence-electron chi connectivity index (χ2n) is 2.72. The van der Waals surface area contributed by atoms with E-state index in [1.54, 1.807) is 11.3 Å². The van der Waals surface area contributed by atoms with Gasteiger partial charge < -0.3 is 9.84 Å². The van der Waals surface area contributed by atoms with Gasteiger partial charge in [0.2, 0.25) is 0 Å². The molecule has 3 heteroatoms. The van der Waals surface area contributed by atoms with Crippen LogP contribution in [0.4, 0.5) is 0 Å². The topological polar surface area (TPSA) is 32.8 Å². The van der Waals surface area contributed by atoms with Crippen molar-refractivity contribution in [2.24, 2.45) is 0 Å². The molecule has 1 aliphatic rings. The van der Waals surface area contributed by atoms with Gasteiger partial charge in [0.15, 0.2) is 0 Å². The first kappa shape index (κ1) is 7.28. The average Bonchev–Trinajstić information content (AvgIpc) is 2.73. The van der Waals surface area contributed by atoms with Crippen molar-refractivity contribution in [3.63, 3.8) is 0 Å². The number of rotatable bonds is 3. The zero-order chi connectivity index (χ0) is 7.68. The van der Waals surface area contributed by atoms with E-state index in [0.717, 1.165) is 13.0 Å². The predicted octanol–water partition coefficient (Wildman–Crippen LogP) is 1.05. The standard InChI is InChI=1S/C8H10O2S/c9-7(8-5-10-8)4-6-2-1-3-11-6/h1-3,7-9H,4-5H2/t7-,8-/m0/s1. The Hall–Kier alpha value is -0.380. The summed E-state index contributed by atoms with van der Waals surface area (Å²) in [5.74, 6) is 0. The lowest BCUT2D eigenvalue weighted by Crippen LogP contribution is -2.16. The van der Waals surface area contributed by atoms with E-state index < -0.39 is 0 Å². The minimum Gasteiger partial charge on any atom is -0.390 e. The van der Waals surface area contributed by atoms with Gasteiger partial charge in [-0.1, -0.05) is 6.07 Å². The molecule has 2 nitrogen and oxygen atoms in total. The summed E-state index contributed by atoms with van der Waals surface area (Å²) >= 11 is 1.68. The molecule has 1 aliphatic heterocycles. The van der Waals surface area contributed by atoms with E-state index in [2.05, 4.69) is 0 Å². The number of hydrogen-bond acceptors (Lipinski definition) is 3. The van der Waals surface area contributed by atoms with Crippen molar-refractivity contribution in [3.8, 4) is 0 Å². The van der Waals surface area contributed by atoms with Crippen LogP contribution in [-0.4, -0.2) is 23.9 Å². The molecule has 2 atom stereocenters. The van der Waals surface area contributed by atoms with Crippen LogP contribution in [-0.2, 0) is 11.2 Å². The van der Waals surface area contributed by atoms with Crippen LogP contribution in [0.15, 0.2) is 17.5 Å². The van der Waals surface area contributed by atoms with E-state index in [9.17, 15) is 5.11 Å². The lowest BCUT2D eigenvalue weighted by atomic mass is 10.2. The number of epoxide rings is 1. The summed E-state index contributed by atoms with van der Waals surface area (Å²) in [5.41, 5.74) is 0. The SMILES string of the molecule is O[C@@H](Cc1cccs1)[C@@H]1CO1. The quantitative estimate of drug-likeness (QED) is 0.688. The smallest absolute Gasteiger partial charge is 0.107 e. The summed E-state index contributed by atoms with van der Waals surface area (Å²) in [7, 11) is 0. The first-order valence-electron chi connectivity index (χ1n) is 3.68. The zero-order valence-electron chi connectivity index (χ0n) is 6.06. The van der Waals surface area contributed by atoms with Crippen molar-refractivity contribution < 1.29 is 9.84 Å². The maximum Gasteiger partial charge on any atom is 0.107 e. The Balaban J connectivity index is 1.89. The Morgan fingerprint density at radius 1 is 1.82 bits per heavy atom. The second-order valence-corrected chi connectivity index (χ2v) is 3.75. The first-order chi connectivity index (χ1) is 5.36. The highest BCUT2D eigenvalue weighted by Crippen LogP contribution is 2.19. The molecule has 2 rings (SSSR count). The summed E-state index contributed by atoms with van der Waals surface area (Å²) in [6.07, 6.45) is 0.549. The molecule has 1 fully saturated rings. The molecule has 11 heavy (non-hydrogen) atoms. The highest BCUT2D eigenvalue weighted by molar-refractivity contribution is 7.09. The highest BCUT2D eigenvalue weighted by atomic mass is 32.1. The van der Waals surface area contributed by atoms with Gasteiger partial charge >= 0.3 is 0 Å². The summed E-state index contributed by atoms with van der Waals surface area (Å²) in [6, 6.07) is 4.04. The van der Waals surface area contributed by atoms with E-state index in [4.69, 9.17) is 4.74 Å². The molecule has 60 valence electrons. The van der Waals surface area contributed by atoms with E-state index in [1.165, 1.54) is 4.88 Å². The molecule has 2 heterocycles. The van der Waals surface area contributed by atoms with Crippen molar-refractivity contribution in [2.45, 2.75) is 18.6 Å². The predicted molar refractivity (Wildman–Crippen MR) is 43.8 cm³/mol. The van der Waals surface area contributed by atoms with Crippen molar-refractivity contribution >= 4 is 11.3 Å². The summed E-state index contributed by atoms with van der Waals surface area (Å²) < 4.78 is 4.97. The molecule has 0 bridgehead atoms. The van der Waals surface area contributed by atoms with Gasteiger partial charge in [-0.2, -0.15) is 0 Å².